The highest BCUT2D eigenvalue weighted by Crippen LogP contribution is 2.26. The van der Waals surface area contributed by atoms with Crippen molar-refractivity contribution in [1.29, 1.82) is 0 Å². The molecule has 1 N–H and O–H groups in total. The Kier molecular flexibility index (Phi) is 4.34. The first-order chi connectivity index (χ1) is 9.08. The molecule has 0 aliphatic carbocycles. The number of benzene rings is 1. The van der Waals surface area contributed by atoms with E-state index in [1.165, 1.54) is 11.8 Å². The molecule has 98 valence electrons. The Morgan fingerprint density at radius 3 is 2.63 bits per heavy atom. The molecule has 0 aromatic heterocycles. The van der Waals surface area contributed by atoms with E-state index < -0.39 is 0 Å². The van der Waals surface area contributed by atoms with Crippen LogP contribution < -0.4 is 10.1 Å². The summed E-state index contributed by atoms with van der Waals surface area (Å²) in [5.74, 6) is 0.0340. The van der Waals surface area contributed by atoms with Gasteiger partial charge in [0, 0.05) is 6.42 Å². The van der Waals surface area contributed by atoms with E-state index in [2.05, 4.69) is 5.32 Å². The van der Waals surface area contributed by atoms with Crippen LogP contribution in [0.2, 0.25) is 0 Å². The van der Waals surface area contributed by atoms with Crippen molar-refractivity contribution in [2.24, 2.45) is 0 Å². The lowest BCUT2D eigenvalue weighted by Gasteiger charge is -2.02. The molecule has 1 aliphatic rings. The quantitative estimate of drug-likeness (QED) is 0.401. The molecule has 0 radical (unpaired) electrons. The number of nitrogens with one attached hydrogen (secondary N) is 1. The molecule has 1 amide bonds. The molecule has 1 heterocycles. The van der Waals surface area contributed by atoms with Crippen molar-refractivity contribution in [1.82, 2.24) is 5.32 Å². The number of amides is 1. The maximum absolute atomic E-state index is 11.5. The molecule has 1 saturated heterocycles. The number of carbonyl (C=O) groups is 2. The monoisotopic (exact) mass is 293 g/mol. The van der Waals surface area contributed by atoms with Crippen molar-refractivity contribution in [2.75, 3.05) is 0 Å². The van der Waals surface area contributed by atoms with E-state index in [0.717, 1.165) is 5.56 Å². The van der Waals surface area contributed by atoms with Gasteiger partial charge in [-0.2, -0.15) is 0 Å². The third kappa shape index (κ3) is 3.65. The van der Waals surface area contributed by atoms with E-state index in [1.54, 1.807) is 37.3 Å². The Bertz CT molecular complexity index is 564. The Hall–Kier alpha value is -1.66. The lowest BCUT2D eigenvalue weighted by molar-refractivity contribution is -0.134. The van der Waals surface area contributed by atoms with Crippen molar-refractivity contribution in [3.8, 4) is 5.75 Å². The van der Waals surface area contributed by atoms with E-state index >= 15 is 0 Å². The fourth-order valence-electron chi connectivity index (χ4n) is 1.41. The van der Waals surface area contributed by atoms with E-state index in [0.29, 0.717) is 21.4 Å². The largest absolute Gasteiger partial charge is 0.427 e. The SMILES string of the molecule is CCC(=O)Oc1ccc(/C=C2\SC(=S)NC2=O)cc1. The predicted molar refractivity (Wildman–Crippen MR) is 78.7 cm³/mol. The van der Waals surface area contributed by atoms with Crippen molar-refractivity contribution in [3.63, 3.8) is 0 Å². The van der Waals surface area contributed by atoms with Gasteiger partial charge in [-0.15, -0.1) is 0 Å². The molecule has 0 bridgehead atoms. The topological polar surface area (TPSA) is 55.4 Å². The first-order valence-corrected chi connectivity index (χ1v) is 6.86. The average molecular weight is 293 g/mol. The zero-order valence-electron chi connectivity index (χ0n) is 10.1. The van der Waals surface area contributed by atoms with Gasteiger partial charge < -0.3 is 10.1 Å². The molecule has 0 saturated carbocycles. The van der Waals surface area contributed by atoms with Gasteiger partial charge in [0.15, 0.2) is 0 Å². The number of hydrogen-bond donors (Lipinski definition) is 1. The van der Waals surface area contributed by atoms with Crippen LogP contribution in [-0.2, 0) is 9.59 Å². The molecule has 0 atom stereocenters. The zero-order chi connectivity index (χ0) is 13.8. The number of ether oxygens (including phenoxy) is 1. The Balaban J connectivity index is 2.11. The van der Waals surface area contributed by atoms with Gasteiger partial charge >= 0.3 is 5.97 Å². The summed E-state index contributed by atoms with van der Waals surface area (Å²) in [4.78, 5) is 23.2. The lowest BCUT2D eigenvalue weighted by Crippen LogP contribution is -2.17. The van der Waals surface area contributed by atoms with Crippen LogP contribution in [0.15, 0.2) is 29.2 Å². The molecule has 1 aromatic carbocycles. The fourth-order valence-corrected chi connectivity index (χ4v) is 2.45. The minimum absolute atomic E-state index is 0.184. The van der Waals surface area contributed by atoms with Gasteiger partial charge in [0.1, 0.15) is 10.1 Å². The Labute approximate surface area is 120 Å². The van der Waals surface area contributed by atoms with Gasteiger partial charge in [-0.25, -0.2) is 0 Å². The fraction of sp³-hybridized carbons (Fsp3) is 0.154. The second-order valence-corrected chi connectivity index (χ2v) is 5.47. The number of rotatable bonds is 3. The van der Waals surface area contributed by atoms with Gasteiger partial charge in [-0.05, 0) is 23.8 Å². The van der Waals surface area contributed by atoms with Crippen LogP contribution in [-0.4, -0.2) is 16.2 Å². The highest BCUT2D eigenvalue weighted by Gasteiger charge is 2.21. The van der Waals surface area contributed by atoms with Gasteiger partial charge in [-0.1, -0.05) is 43.0 Å². The summed E-state index contributed by atoms with van der Waals surface area (Å²) in [6.45, 7) is 1.74. The first-order valence-electron chi connectivity index (χ1n) is 5.64. The highest BCUT2D eigenvalue weighted by atomic mass is 32.2. The number of thiocarbonyl (C=S) groups is 1. The van der Waals surface area contributed by atoms with Crippen LogP contribution in [0.3, 0.4) is 0 Å². The van der Waals surface area contributed by atoms with Crippen LogP contribution >= 0.6 is 24.0 Å². The van der Waals surface area contributed by atoms with Crippen molar-refractivity contribution in [3.05, 3.63) is 34.7 Å². The van der Waals surface area contributed by atoms with E-state index in [4.69, 9.17) is 17.0 Å². The number of carbonyl (C=O) groups excluding carboxylic acids is 2. The standard InChI is InChI=1S/C13H11NO3S2/c1-2-11(15)17-9-5-3-8(4-6-9)7-10-12(16)14-13(18)19-10/h3-7H,2H2,1H3,(H,14,16,18)/b10-7-. The highest BCUT2D eigenvalue weighted by molar-refractivity contribution is 8.26. The van der Waals surface area contributed by atoms with Gasteiger partial charge in [0.25, 0.3) is 5.91 Å². The first kappa shape index (κ1) is 13.8. The normalized spacial score (nSPS) is 16.6. The molecule has 1 aliphatic heterocycles. The van der Waals surface area contributed by atoms with Crippen molar-refractivity contribution >= 4 is 46.3 Å². The minimum atomic E-state index is -0.276. The number of hydrogen-bond acceptors (Lipinski definition) is 5. The summed E-state index contributed by atoms with van der Waals surface area (Å²) in [5.41, 5.74) is 0.846. The molecule has 4 nitrogen and oxygen atoms in total. The molecular weight excluding hydrogens is 282 g/mol. The van der Waals surface area contributed by atoms with E-state index in [-0.39, 0.29) is 11.9 Å². The van der Waals surface area contributed by atoms with Crippen LogP contribution in [0.5, 0.6) is 5.75 Å². The molecular formula is C13H11NO3S2. The summed E-state index contributed by atoms with van der Waals surface area (Å²) in [7, 11) is 0. The maximum Gasteiger partial charge on any atom is 0.310 e. The molecule has 0 unspecified atom stereocenters. The third-order valence-electron chi connectivity index (χ3n) is 2.34. The van der Waals surface area contributed by atoms with Crippen LogP contribution in [0.1, 0.15) is 18.9 Å². The van der Waals surface area contributed by atoms with Gasteiger partial charge in [0.05, 0.1) is 4.91 Å². The second kappa shape index (κ2) is 5.99. The Morgan fingerprint density at radius 2 is 2.11 bits per heavy atom. The van der Waals surface area contributed by atoms with Crippen molar-refractivity contribution < 1.29 is 14.3 Å². The molecule has 0 spiro atoms. The van der Waals surface area contributed by atoms with E-state index in [1.807, 2.05) is 0 Å². The zero-order valence-corrected chi connectivity index (χ0v) is 11.8. The second-order valence-electron chi connectivity index (χ2n) is 3.75. The third-order valence-corrected chi connectivity index (χ3v) is 3.50. The molecule has 19 heavy (non-hydrogen) atoms. The van der Waals surface area contributed by atoms with Crippen LogP contribution in [0.4, 0.5) is 0 Å². The average Bonchev–Trinajstić information content (AvgIpc) is 2.70. The lowest BCUT2D eigenvalue weighted by atomic mass is 10.2. The number of thioether (sulfide) groups is 1. The maximum atomic E-state index is 11.5. The predicted octanol–water partition coefficient (Wildman–Crippen LogP) is 2.49. The smallest absolute Gasteiger partial charge is 0.310 e. The number of esters is 1. The Morgan fingerprint density at radius 1 is 1.42 bits per heavy atom. The summed E-state index contributed by atoms with van der Waals surface area (Å²) < 4.78 is 5.52. The van der Waals surface area contributed by atoms with Gasteiger partial charge in [0.2, 0.25) is 0 Å². The van der Waals surface area contributed by atoms with Crippen molar-refractivity contribution in [2.45, 2.75) is 13.3 Å². The van der Waals surface area contributed by atoms with Gasteiger partial charge in [-0.3, -0.25) is 9.59 Å². The summed E-state index contributed by atoms with van der Waals surface area (Å²) in [6, 6.07) is 6.94. The molecule has 6 heteroatoms. The van der Waals surface area contributed by atoms with Crippen LogP contribution in [0, 0.1) is 0 Å². The summed E-state index contributed by atoms with van der Waals surface area (Å²) in [5, 5.41) is 2.55. The summed E-state index contributed by atoms with van der Waals surface area (Å²) in [6.07, 6.45) is 2.07. The summed E-state index contributed by atoms with van der Waals surface area (Å²) >= 11 is 6.14. The molecule has 1 fully saturated rings. The van der Waals surface area contributed by atoms with Crippen LogP contribution in [0.25, 0.3) is 6.08 Å². The van der Waals surface area contributed by atoms with E-state index in [9.17, 15) is 9.59 Å². The molecule has 2 rings (SSSR count). The minimum Gasteiger partial charge on any atom is -0.427 e. The molecule has 1 aromatic rings.